The van der Waals surface area contributed by atoms with E-state index < -0.39 is 0 Å². The van der Waals surface area contributed by atoms with E-state index in [1.54, 1.807) is 0 Å². The lowest BCUT2D eigenvalue weighted by atomic mass is 10.0. The Kier molecular flexibility index (Phi) is 4.15. The van der Waals surface area contributed by atoms with Gasteiger partial charge in [0.1, 0.15) is 0 Å². The summed E-state index contributed by atoms with van der Waals surface area (Å²) in [5.41, 5.74) is 7.08. The molecule has 3 aromatic carbocycles. The minimum Gasteiger partial charge on any atom is -0.256 e. The Balaban J connectivity index is 1.76. The highest BCUT2D eigenvalue weighted by atomic mass is 14.7. The minimum atomic E-state index is 0.969. The van der Waals surface area contributed by atoms with Crippen LogP contribution in [0.25, 0.3) is 11.1 Å². The van der Waals surface area contributed by atoms with E-state index in [-0.39, 0.29) is 0 Å². The van der Waals surface area contributed by atoms with Gasteiger partial charge in [-0.3, -0.25) is 4.99 Å². The third-order valence-electron chi connectivity index (χ3n) is 3.69. The van der Waals surface area contributed by atoms with Crippen LogP contribution in [0.1, 0.15) is 16.7 Å². The molecular weight excluding hydrogens is 266 g/mol. The second-order valence-corrected chi connectivity index (χ2v) is 5.58. The Labute approximate surface area is 132 Å². The van der Waals surface area contributed by atoms with Gasteiger partial charge in [-0.25, -0.2) is 0 Å². The Morgan fingerprint density at radius 2 is 1.05 bits per heavy atom. The summed E-state index contributed by atoms with van der Waals surface area (Å²) in [6.45, 7) is 4.19. The second-order valence-electron chi connectivity index (χ2n) is 5.58. The van der Waals surface area contributed by atoms with Crippen LogP contribution in [-0.4, -0.2) is 6.21 Å². The summed E-state index contributed by atoms with van der Waals surface area (Å²) in [5.74, 6) is 0. The van der Waals surface area contributed by atoms with E-state index >= 15 is 0 Å². The largest absolute Gasteiger partial charge is 0.256 e. The third kappa shape index (κ3) is 3.50. The minimum absolute atomic E-state index is 0.969. The average molecular weight is 285 g/mol. The first-order valence-corrected chi connectivity index (χ1v) is 7.48. The van der Waals surface area contributed by atoms with Crippen molar-refractivity contribution in [1.82, 2.24) is 0 Å². The van der Waals surface area contributed by atoms with Gasteiger partial charge in [-0.2, -0.15) is 0 Å². The molecule has 0 atom stereocenters. The van der Waals surface area contributed by atoms with Gasteiger partial charge < -0.3 is 0 Å². The summed E-state index contributed by atoms with van der Waals surface area (Å²) in [4.78, 5) is 4.53. The molecule has 0 aromatic heterocycles. The van der Waals surface area contributed by atoms with Crippen molar-refractivity contribution >= 4 is 11.9 Å². The van der Waals surface area contributed by atoms with Crippen LogP contribution in [0.4, 0.5) is 5.69 Å². The van der Waals surface area contributed by atoms with Gasteiger partial charge in [-0.15, -0.1) is 0 Å². The van der Waals surface area contributed by atoms with E-state index in [1.807, 2.05) is 6.21 Å². The number of aliphatic imine (C=N–C) groups is 1. The number of rotatable bonds is 3. The molecule has 1 nitrogen and oxygen atoms in total. The summed E-state index contributed by atoms with van der Waals surface area (Å²) in [5, 5.41) is 0. The molecule has 0 unspecified atom stereocenters. The fourth-order valence-electron chi connectivity index (χ4n) is 2.29. The van der Waals surface area contributed by atoms with Gasteiger partial charge in [0.25, 0.3) is 0 Å². The zero-order valence-corrected chi connectivity index (χ0v) is 13.0. The van der Waals surface area contributed by atoms with Gasteiger partial charge in [0, 0.05) is 6.21 Å². The maximum Gasteiger partial charge on any atom is 0.0630 e. The normalized spacial score (nSPS) is 11.0. The molecule has 3 aromatic rings. The monoisotopic (exact) mass is 285 g/mol. The van der Waals surface area contributed by atoms with Crippen molar-refractivity contribution in [3.8, 4) is 11.1 Å². The summed E-state index contributed by atoms with van der Waals surface area (Å²) in [6.07, 6.45) is 1.90. The third-order valence-corrected chi connectivity index (χ3v) is 3.69. The lowest BCUT2D eigenvalue weighted by Crippen LogP contribution is -1.81. The van der Waals surface area contributed by atoms with Crippen molar-refractivity contribution in [3.05, 3.63) is 89.5 Å². The van der Waals surface area contributed by atoms with E-state index in [0.29, 0.717) is 0 Å². The standard InChI is InChI=1S/C21H19N/c1-16-3-7-18(8-4-16)15-22-21-13-11-20(12-14-21)19-9-5-17(2)6-10-19/h3-15H,1-2H3. The van der Waals surface area contributed by atoms with E-state index in [2.05, 4.69) is 91.6 Å². The fraction of sp³-hybridized carbons (Fsp3) is 0.0952. The van der Waals surface area contributed by atoms with Crippen LogP contribution in [0.3, 0.4) is 0 Å². The van der Waals surface area contributed by atoms with Crippen LogP contribution in [0.5, 0.6) is 0 Å². The zero-order chi connectivity index (χ0) is 15.4. The van der Waals surface area contributed by atoms with Crippen molar-refractivity contribution in [2.45, 2.75) is 13.8 Å². The van der Waals surface area contributed by atoms with E-state index in [9.17, 15) is 0 Å². The van der Waals surface area contributed by atoms with Crippen LogP contribution in [-0.2, 0) is 0 Å². The molecule has 0 fully saturated rings. The topological polar surface area (TPSA) is 12.4 Å². The highest BCUT2D eigenvalue weighted by Crippen LogP contribution is 2.23. The van der Waals surface area contributed by atoms with Gasteiger partial charge in [-0.1, -0.05) is 71.8 Å². The Bertz CT molecular complexity index is 764. The first kappa shape index (κ1) is 14.3. The van der Waals surface area contributed by atoms with Crippen molar-refractivity contribution in [2.24, 2.45) is 4.99 Å². The lowest BCUT2D eigenvalue weighted by molar-refractivity contribution is 1.45. The van der Waals surface area contributed by atoms with Crippen molar-refractivity contribution < 1.29 is 0 Å². The smallest absolute Gasteiger partial charge is 0.0630 e. The molecule has 0 bridgehead atoms. The highest BCUT2D eigenvalue weighted by Gasteiger charge is 1.97. The zero-order valence-electron chi connectivity index (χ0n) is 13.0. The van der Waals surface area contributed by atoms with Crippen molar-refractivity contribution in [3.63, 3.8) is 0 Å². The molecule has 1 heteroatoms. The molecule has 0 aliphatic carbocycles. The fourth-order valence-corrected chi connectivity index (χ4v) is 2.29. The molecule has 108 valence electrons. The van der Waals surface area contributed by atoms with Crippen LogP contribution in [0, 0.1) is 13.8 Å². The molecule has 0 aliphatic heterocycles. The summed E-state index contributed by atoms with van der Waals surface area (Å²) in [6, 6.07) is 25.3. The first-order valence-electron chi connectivity index (χ1n) is 7.48. The number of hydrogen-bond acceptors (Lipinski definition) is 1. The summed E-state index contributed by atoms with van der Waals surface area (Å²) in [7, 11) is 0. The van der Waals surface area contributed by atoms with Crippen LogP contribution in [0.2, 0.25) is 0 Å². The number of hydrogen-bond donors (Lipinski definition) is 0. The summed E-state index contributed by atoms with van der Waals surface area (Å²) >= 11 is 0. The van der Waals surface area contributed by atoms with Crippen LogP contribution >= 0.6 is 0 Å². The van der Waals surface area contributed by atoms with E-state index in [4.69, 9.17) is 0 Å². The van der Waals surface area contributed by atoms with Gasteiger partial charge in [0.15, 0.2) is 0 Å². The number of benzene rings is 3. The Morgan fingerprint density at radius 1 is 0.591 bits per heavy atom. The molecule has 0 N–H and O–H groups in total. The van der Waals surface area contributed by atoms with Crippen molar-refractivity contribution in [2.75, 3.05) is 0 Å². The quantitative estimate of drug-likeness (QED) is 0.546. The Hall–Kier alpha value is -2.67. The van der Waals surface area contributed by atoms with Gasteiger partial charge in [0.05, 0.1) is 5.69 Å². The molecule has 0 amide bonds. The molecule has 0 radical (unpaired) electrons. The molecule has 0 aliphatic rings. The number of nitrogens with zero attached hydrogens (tertiary/aromatic N) is 1. The Morgan fingerprint density at radius 3 is 1.59 bits per heavy atom. The van der Waals surface area contributed by atoms with Gasteiger partial charge in [0.2, 0.25) is 0 Å². The highest BCUT2D eigenvalue weighted by molar-refractivity contribution is 5.82. The average Bonchev–Trinajstić information content (AvgIpc) is 2.56. The molecule has 0 spiro atoms. The summed E-state index contributed by atoms with van der Waals surface area (Å²) < 4.78 is 0. The number of aryl methyl sites for hydroxylation is 2. The predicted octanol–water partition coefficient (Wildman–Crippen LogP) is 5.72. The SMILES string of the molecule is Cc1ccc(C=Nc2ccc(-c3ccc(C)cc3)cc2)cc1. The maximum atomic E-state index is 4.53. The predicted molar refractivity (Wildman–Crippen MR) is 95.0 cm³/mol. The van der Waals surface area contributed by atoms with Crippen molar-refractivity contribution in [1.29, 1.82) is 0 Å². The molecule has 0 heterocycles. The molecular formula is C21H19N. The van der Waals surface area contributed by atoms with Gasteiger partial charge in [-0.05, 0) is 42.7 Å². The molecule has 0 saturated carbocycles. The van der Waals surface area contributed by atoms with E-state index in [1.165, 1.54) is 22.3 Å². The first-order chi connectivity index (χ1) is 10.7. The van der Waals surface area contributed by atoms with Gasteiger partial charge >= 0.3 is 0 Å². The second kappa shape index (κ2) is 6.40. The lowest BCUT2D eigenvalue weighted by Gasteiger charge is -2.03. The van der Waals surface area contributed by atoms with Crippen LogP contribution < -0.4 is 0 Å². The molecule has 0 saturated heterocycles. The van der Waals surface area contributed by atoms with Crippen LogP contribution in [0.15, 0.2) is 77.8 Å². The maximum absolute atomic E-state index is 4.53. The molecule has 3 rings (SSSR count). The molecule has 22 heavy (non-hydrogen) atoms. The van der Waals surface area contributed by atoms with E-state index in [0.717, 1.165) is 11.3 Å².